The van der Waals surface area contributed by atoms with E-state index in [0.29, 0.717) is 23.7 Å². The fourth-order valence-electron chi connectivity index (χ4n) is 2.89. The highest BCUT2D eigenvalue weighted by atomic mass is 35.5. The molecule has 2 N–H and O–H groups in total. The molecule has 1 fully saturated rings. The number of nitrogen functional groups attached to an aromatic ring is 1. The number of hydrogen-bond acceptors (Lipinski definition) is 4. The quantitative estimate of drug-likeness (QED) is 0.663. The summed E-state index contributed by atoms with van der Waals surface area (Å²) in [6, 6.07) is 5.18. The zero-order chi connectivity index (χ0) is 18.1. The lowest BCUT2D eigenvalue weighted by Gasteiger charge is -2.38. The van der Waals surface area contributed by atoms with E-state index in [1.165, 1.54) is 0 Å². The predicted octanol–water partition coefficient (Wildman–Crippen LogP) is 3.79. The Kier molecular flexibility index (Phi) is 5.14. The molecule has 0 aliphatic carbocycles. The third kappa shape index (κ3) is 4.63. The lowest BCUT2D eigenvalue weighted by molar-refractivity contribution is -0.158. The van der Waals surface area contributed by atoms with E-state index < -0.39 is 5.60 Å². The molecule has 1 heterocycles. The largest absolute Gasteiger partial charge is 0.460 e. The minimum atomic E-state index is -0.515. The molecule has 0 saturated carbocycles. The number of esters is 1. The fraction of sp³-hybridized carbons (Fsp3) is 0.556. The number of halogens is 1. The molecule has 1 aromatic carbocycles. The van der Waals surface area contributed by atoms with Crippen molar-refractivity contribution in [1.82, 2.24) is 0 Å². The van der Waals surface area contributed by atoms with E-state index in [-0.39, 0.29) is 23.7 Å². The summed E-state index contributed by atoms with van der Waals surface area (Å²) in [6.07, 6.45) is 1.26. The minimum absolute atomic E-state index is 0.0202. The second kappa shape index (κ2) is 6.63. The Labute approximate surface area is 148 Å². The first-order valence-corrected chi connectivity index (χ1v) is 8.44. The first-order valence-electron chi connectivity index (χ1n) is 8.06. The van der Waals surface area contributed by atoms with Crippen LogP contribution in [0, 0.1) is 5.41 Å². The van der Waals surface area contributed by atoms with Gasteiger partial charge in [-0.05, 0) is 50.8 Å². The lowest BCUT2D eigenvalue weighted by atomic mass is 9.77. The SMILES string of the molecule is CC1(CC(=O)OC(C)(C)C)CCN(c2ccc(N)c(Cl)c2)C(=O)C1. The van der Waals surface area contributed by atoms with E-state index in [9.17, 15) is 9.59 Å². The molecule has 1 unspecified atom stereocenters. The molecule has 1 saturated heterocycles. The second-order valence-corrected chi connectivity index (χ2v) is 8.16. The van der Waals surface area contributed by atoms with Gasteiger partial charge in [0.05, 0.1) is 17.1 Å². The molecule has 1 amide bonds. The van der Waals surface area contributed by atoms with Crippen LogP contribution >= 0.6 is 11.6 Å². The van der Waals surface area contributed by atoms with Crippen molar-refractivity contribution in [2.75, 3.05) is 17.2 Å². The minimum Gasteiger partial charge on any atom is -0.460 e. The number of nitrogens with two attached hydrogens (primary N) is 1. The molecule has 2 rings (SSSR count). The van der Waals surface area contributed by atoms with E-state index in [2.05, 4.69) is 0 Å². The van der Waals surface area contributed by atoms with Gasteiger partial charge in [-0.1, -0.05) is 18.5 Å². The molecule has 1 aromatic rings. The summed E-state index contributed by atoms with van der Waals surface area (Å²) >= 11 is 6.04. The number of ether oxygens (including phenoxy) is 1. The van der Waals surface area contributed by atoms with Gasteiger partial charge in [-0.2, -0.15) is 0 Å². The van der Waals surface area contributed by atoms with E-state index in [4.69, 9.17) is 22.1 Å². The van der Waals surface area contributed by atoms with Gasteiger partial charge in [-0.15, -0.1) is 0 Å². The van der Waals surface area contributed by atoms with Gasteiger partial charge < -0.3 is 15.4 Å². The van der Waals surface area contributed by atoms with Crippen LogP contribution in [0.3, 0.4) is 0 Å². The third-order valence-corrected chi connectivity index (χ3v) is 4.43. The first-order chi connectivity index (χ1) is 11.0. The second-order valence-electron chi connectivity index (χ2n) is 7.75. The lowest BCUT2D eigenvalue weighted by Crippen LogP contribution is -2.44. The van der Waals surface area contributed by atoms with Gasteiger partial charge in [0.15, 0.2) is 0 Å². The molecular formula is C18H25ClN2O3. The molecule has 0 radical (unpaired) electrons. The van der Waals surface area contributed by atoms with E-state index in [0.717, 1.165) is 12.1 Å². The summed E-state index contributed by atoms with van der Waals surface area (Å²) in [6.45, 7) is 8.02. The fourth-order valence-corrected chi connectivity index (χ4v) is 3.06. The van der Waals surface area contributed by atoms with Crippen LogP contribution in [0.15, 0.2) is 18.2 Å². The highest BCUT2D eigenvalue weighted by Gasteiger charge is 2.38. The molecule has 1 atom stereocenters. The molecule has 0 aromatic heterocycles. The maximum absolute atomic E-state index is 12.6. The maximum atomic E-state index is 12.6. The van der Waals surface area contributed by atoms with Crippen LogP contribution in [0.5, 0.6) is 0 Å². The van der Waals surface area contributed by atoms with Crippen molar-refractivity contribution in [2.45, 2.75) is 52.6 Å². The number of anilines is 2. The number of carbonyl (C=O) groups excluding carboxylic acids is 2. The number of nitrogens with zero attached hydrogens (tertiary/aromatic N) is 1. The van der Waals surface area contributed by atoms with Crippen LogP contribution in [0.4, 0.5) is 11.4 Å². The van der Waals surface area contributed by atoms with Gasteiger partial charge in [0.1, 0.15) is 5.60 Å². The van der Waals surface area contributed by atoms with Crippen molar-refractivity contribution in [3.63, 3.8) is 0 Å². The van der Waals surface area contributed by atoms with Crippen LogP contribution in [0.2, 0.25) is 5.02 Å². The Morgan fingerprint density at radius 3 is 2.62 bits per heavy atom. The van der Waals surface area contributed by atoms with Crippen molar-refractivity contribution in [3.8, 4) is 0 Å². The van der Waals surface area contributed by atoms with Crippen molar-refractivity contribution in [1.29, 1.82) is 0 Å². The number of carbonyl (C=O) groups is 2. The zero-order valence-corrected chi connectivity index (χ0v) is 15.4. The monoisotopic (exact) mass is 352 g/mol. The van der Waals surface area contributed by atoms with Crippen molar-refractivity contribution in [2.24, 2.45) is 5.41 Å². The van der Waals surface area contributed by atoms with E-state index >= 15 is 0 Å². The van der Waals surface area contributed by atoms with Crippen LogP contribution in [0.1, 0.15) is 47.0 Å². The Morgan fingerprint density at radius 1 is 1.42 bits per heavy atom. The Hall–Kier alpha value is -1.75. The number of benzene rings is 1. The van der Waals surface area contributed by atoms with Crippen LogP contribution in [-0.4, -0.2) is 24.0 Å². The van der Waals surface area contributed by atoms with E-state index in [1.54, 1.807) is 23.1 Å². The van der Waals surface area contributed by atoms with Gasteiger partial charge in [0.25, 0.3) is 0 Å². The summed E-state index contributed by atoms with van der Waals surface area (Å²) in [4.78, 5) is 26.4. The van der Waals surface area contributed by atoms with Crippen LogP contribution in [-0.2, 0) is 14.3 Å². The molecule has 6 heteroatoms. The average molecular weight is 353 g/mol. The van der Waals surface area contributed by atoms with Crippen LogP contribution in [0.25, 0.3) is 0 Å². The number of hydrogen-bond donors (Lipinski definition) is 1. The van der Waals surface area contributed by atoms with Crippen molar-refractivity contribution in [3.05, 3.63) is 23.2 Å². The number of piperidine rings is 1. The molecule has 0 spiro atoms. The molecule has 0 bridgehead atoms. The topological polar surface area (TPSA) is 72.6 Å². The predicted molar refractivity (Wildman–Crippen MR) is 96.0 cm³/mol. The number of rotatable bonds is 3. The zero-order valence-electron chi connectivity index (χ0n) is 14.7. The molecule has 24 heavy (non-hydrogen) atoms. The molecule has 5 nitrogen and oxygen atoms in total. The molecule has 132 valence electrons. The third-order valence-electron chi connectivity index (χ3n) is 4.10. The summed E-state index contributed by atoms with van der Waals surface area (Å²) in [5, 5.41) is 0.433. The molecule has 1 aliphatic rings. The summed E-state index contributed by atoms with van der Waals surface area (Å²) in [5.41, 5.74) is 6.04. The first kappa shape index (κ1) is 18.6. The molecular weight excluding hydrogens is 328 g/mol. The van der Waals surface area contributed by atoms with Crippen molar-refractivity contribution < 1.29 is 14.3 Å². The summed E-state index contributed by atoms with van der Waals surface area (Å²) in [7, 11) is 0. The van der Waals surface area contributed by atoms with Gasteiger partial charge in [0.2, 0.25) is 5.91 Å². The Morgan fingerprint density at radius 2 is 2.08 bits per heavy atom. The van der Waals surface area contributed by atoms with Gasteiger partial charge in [-0.25, -0.2) is 0 Å². The van der Waals surface area contributed by atoms with Gasteiger partial charge in [0, 0.05) is 18.7 Å². The highest BCUT2D eigenvalue weighted by molar-refractivity contribution is 6.33. The van der Waals surface area contributed by atoms with Gasteiger partial charge in [-0.3, -0.25) is 9.59 Å². The van der Waals surface area contributed by atoms with Gasteiger partial charge >= 0.3 is 5.97 Å². The van der Waals surface area contributed by atoms with E-state index in [1.807, 2.05) is 27.7 Å². The van der Waals surface area contributed by atoms with Crippen LogP contribution < -0.4 is 10.6 Å². The standard InChI is InChI=1S/C18H25ClN2O3/c1-17(2,3)24-16(23)11-18(4)7-8-21(15(22)10-18)12-5-6-14(20)13(19)9-12/h5-6,9H,7-8,10-11,20H2,1-4H3. The smallest absolute Gasteiger partial charge is 0.306 e. The maximum Gasteiger partial charge on any atom is 0.306 e. The Balaban J connectivity index is 2.05. The van der Waals surface area contributed by atoms with Crippen molar-refractivity contribution >= 4 is 34.9 Å². The Bertz CT molecular complexity index is 654. The highest BCUT2D eigenvalue weighted by Crippen LogP contribution is 2.38. The average Bonchev–Trinajstić information content (AvgIpc) is 2.39. The summed E-state index contributed by atoms with van der Waals surface area (Å²) < 4.78 is 5.39. The normalized spacial score (nSPS) is 21.7. The summed E-state index contributed by atoms with van der Waals surface area (Å²) in [5.74, 6) is -0.282. The number of amides is 1. The molecule has 1 aliphatic heterocycles.